The van der Waals surface area contributed by atoms with E-state index in [-0.39, 0.29) is 12.5 Å². The number of amides is 1. The monoisotopic (exact) mass is 307 g/mol. The van der Waals surface area contributed by atoms with Crippen LogP contribution < -0.4 is 0 Å². The van der Waals surface area contributed by atoms with Crippen LogP contribution in [0.5, 0.6) is 0 Å². The number of aromatic nitrogens is 2. The molecular weight excluding hydrogens is 290 g/mol. The van der Waals surface area contributed by atoms with E-state index in [4.69, 9.17) is 11.6 Å². The molecule has 1 N–H and O–H groups in total. The van der Waals surface area contributed by atoms with Gasteiger partial charge in [0.25, 0.3) is 5.91 Å². The van der Waals surface area contributed by atoms with Crippen LogP contribution in [-0.2, 0) is 0 Å². The Kier molecular flexibility index (Phi) is 4.65. The molecule has 2 aromatic rings. The second kappa shape index (κ2) is 6.28. The maximum atomic E-state index is 12.3. The molecule has 0 spiro atoms. The standard InChI is InChI=1S/C15H18ClN3O2/c1-10-8-13(15(21)18(3)9-11(2)20)17-19(10)14-7-5-4-6-12(14)16/h4-8,11,20H,9H2,1-3H3. The number of rotatable bonds is 4. The molecular formula is C15H18ClN3O2. The lowest BCUT2D eigenvalue weighted by Crippen LogP contribution is -2.33. The molecule has 0 saturated carbocycles. The van der Waals surface area contributed by atoms with Gasteiger partial charge < -0.3 is 10.0 Å². The summed E-state index contributed by atoms with van der Waals surface area (Å²) in [6.45, 7) is 3.76. The van der Waals surface area contributed by atoms with Gasteiger partial charge in [-0.05, 0) is 32.0 Å². The van der Waals surface area contributed by atoms with Gasteiger partial charge in [-0.2, -0.15) is 5.10 Å². The van der Waals surface area contributed by atoms with E-state index < -0.39 is 6.10 Å². The molecule has 0 saturated heterocycles. The number of aliphatic hydroxyl groups excluding tert-OH is 1. The Bertz CT molecular complexity index is 652. The van der Waals surface area contributed by atoms with Gasteiger partial charge in [0.15, 0.2) is 5.69 Å². The average molecular weight is 308 g/mol. The van der Waals surface area contributed by atoms with Crippen LogP contribution in [-0.4, -0.2) is 45.4 Å². The topological polar surface area (TPSA) is 58.4 Å². The highest BCUT2D eigenvalue weighted by Crippen LogP contribution is 2.21. The van der Waals surface area contributed by atoms with Crippen LogP contribution in [0.4, 0.5) is 0 Å². The third kappa shape index (κ3) is 3.43. The molecule has 1 aromatic heterocycles. The number of hydrogen-bond donors (Lipinski definition) is 1. The Morgan fingerprint density at radius 1 is 1.48 bits per heavy atom. The zero-order chi connectivity index (χ0) is 15.6. The van der Waals surface area contributed by atoms with Crippen LogP contribution in [0, 0.1) is 6.92 Å². The lowest BCUT2D eigenvalue weighted by molar-refractivity contribution is 0.0697. The fraction of sp³-hybridized carbons (Fsp3) is 0.333. The van der Waals surface area contributed by atoms with E-state index in [9.17, 15) is 9.90 Å². The Morgan fingerprint density at radius 3 is 2.76 bits per heavy atom. The first kappa shape index (κ1) is 15.5. The van der Waals surface area contributed by atoms with E-state index in [1.165, 1.54) is 4.90 Å². The van der Waals surface area contributed by atoms with Crippen LogP contribution in [0.3, 0.4) is 0 Å². The molecule has 1 atom stereocenters. The number of carbonyl (C=O) groups is 1. The summed E-state index contributed by atoms with van der Waals surface area (Å²) in [7, 11) is 1.64. The highest BCUT2D eigenvalue weighted by atomic mass is 35.5. The van der Waals surface area contributed by atoms with Crippen LogP contribution in [0.2, 0.25) is 5.02 Å². The predicted octanol–water partition coefficient (Wildman–Crippen LogP) is 2.29. The number of aliphatic hydroxyl groups is 1. The number of halogens is 1. The Balaban J connectivity index is 2.32. The highest BCUT2D eigenvalue weighted by Gasteiger charge is 2.18. The molecule has 2 rings (SSSR count). The molecule has 1 heterocycles. The van der Waals surface area contributed by atoms with E-state index >= 15 is 0 Å². The molecule has 0 aliphatic heterocycles. The molecule has 1 aromatic carbocycles. The van der Waals surface area contributed by atoms with E-state index in [0.29, 0.717) is 10.7 Å². The summed E-state index contributed by atoms with van der Waals surface area (Å²) in [4.78, 5) is 13.7. The van der Waals surface area contributed by atoms with Crippen molar-refractivity contribution >= 4 is 17.5 Å². The van der Waals surface area contributed by atoms with Crippen molar-refractivity contribution in [3.05, 3.63) is 46.7 Å². The summed E-state index contributed by atoms with van der Waals surface area (Å²) in [6, 6.07) is 9.04. The third-order valence-electron chi connectivity index (χ3n) is 3.07. The molecule has 21 heavy (non-hydrogen) atoms. The molecule has 0 aliphatic carbocycles. The zero-order valence-corrected chi connectivity index (χ0v) is 13.0. The van der Waals surface area contributed by atoms with Crippen molar-refractivity contribution in [2.24, 2.45) is 0 Å². The predicted molar refractivity (Wildman–Crippen MR) is 82.0 cm³/mol. The highest BCUT2D eigenvalue weighted by molar-refractivity contribution is 6.32. The van der Waals surface area contributed by atoms with E-state index in [1.807, 2.05) is 25.1 Å². The molecule has 5 nitrogen and oxygen atoms in total. The van der Waals surface area contributed by atoms with Gasteiger partial charge in [-0.3, -0.25) is 4.79 Å². The number of carbonyl (C=O) groups excluding carboxylic acids is 1. The van der Waals surface area contributed by atoms with E-state index in [1.54, 1.807) is 30.8 Å². The number of aryl methyl sites for hydroxylation is 1. The van der Waals surface area contributed by atoms with Crippen molar-refractivity contribution in [2.45, 2.75) is 20.0 Å². The van der Waals surface area contributed by atoms with Gasteiger partial charge in [-0.15, -0.1) is 0 Å². The summed E-state index contributed by atoms with van der Waals surface area (Å²) >= 11 is 6.16. The Hall–Kier alpha value is -1.85. The van der Waals surface area contributed by atoms with Crippen molar-refractivity contribution in [2.75, 3.05) is 13.6 Å². The summed E-state index contributed by atoms with van der Waals surface area (Å²) in [6.07, 6.45) is -0.578. The first-order valence-electron chi connectivity index (χ1n) is 6.65. The van der Waals surface area contributed by atoms with Crippen molar-refractivity contribution in [3.8, 4) is 5.69 Å². The van der Waals surface area contributed by atoms with Gasteiger partial charge in [-0.1, -0.05) is 23.7 Å². The largest absolute Gasteiger partial charge is 0.392 e. The van der Waals surface area contributed by atoms with Crippen LogP contribution in [0.15, 0.2) is 30.3 Å². The first-order chi connectivity index (χ1) is 9.90. The second-order valence-corrected chi connectivity index (χ2v) is 5.48. The molecule has 1 unspecified atom stereocenters. The van der Waals surface area contributed by atoms with Gasteiger partial charge in [0.1, 0.15) is 0 Å². The molecule has 0 bridgehead atoms. The van der Waals surface area contributed by atoms with Crippen LogP contribution >= 0.6 is 11.6 Å². The molecule has 112 valence electrons. The molecule has 1 amide bonds. The van der Waals surface area contributed by atoms with E-state index in [0.717, 1.165) is 11.4 Å². The fourth-order valence-corrected chi connectivity index (χ4v) is 2.34. The quantitative estimate of drug-likeness (QED) is 0.943. The summed E-state index contributed by atoms with van der Waals surface area (Å²) in [5.41, 5.74) is 1.88. The van der Waals surface area contributed by atoms with Crippen molar-refractivity contribution < 1.29 is 9.90 Å². The Labute approximate surface area is 128 Å². The summed E-state index contributed by atoms with van der Waals surface area (Å²) < 4.78 is 1.64. The van der Waals surface area contributed by atoms with Gasteiger partial charge in [0.05, 0.1) is 16.8 Å². The lowest BCUT2D eigenvalue weighted by atomic mass is 10.3. The number of benzene rings is 1. The summed E-state index contributed by atoms with van der Waals surface area (Å²) in [5, 5.41) is 14.3. The number of para-hydroxylation sites is 1. The van der Waals surface area contributed by atoms with Gasteiger partial charge >= 0.3 is 0 Å². The molecule has 0 fully saturated rings. The van der Waals surface area contributed by atoms with Gasteiger partial charge in [0, 0.05) is 19.3 Å². The number of nitrogens with zero attached hydrogens (tertiary/aromatic N) is 3. The maximum absolute atomic E-state index is 12.3. The minimum atomic E-state index is -0.578. The number of hydrogen-bond acceptors (Lipinski definition) is 3. The molecule has 0 aliphatic rings. The smallest absolute Gasteiger partial charge is 0.274 e. The molecule has 6 heteroatoms. The van der Waals surface area contributed by atoms with Crippen LogP contribution in [0.1, 0.15) is 23.1 Å². The van der Waals surface area contributed by atoms with Crippen molar-refractivity contribution in [1.82, 2.24) is 14.7 Å². The zero-order valence-electron chi connectivity index (χ0n) is 12.2. The molecule has 0 radical (unpaired) electrons. The maximum Gasteiger partial charge on any atom is 0.274 e. The van der Waals surface area contributed by atoms with Gasteiger partial charge in [0.2, 0.25) is 0 Å². The average Bonchev–Trinajstić information content (AvgIpc) is 2.79. The van der Waals surface area contributed by atoms with Gasteiger partial charge in [-0.25, -0.2) is 4.68 Å². The lowest BCUT2D eigenvalue weighted by Gasteiger charge is -2.17. The van der Waals surface area contributed by atoms with Crippen molar-refractivity contribution in [3.63, 3.8) is 0 Å². The second-order valence-electron chi connectivity index (χ2n) is 5.07. The minimum absolute atomic E-state index is 0.232. The van der Waals surface area contributed by atoms with Crippen molar-refractivity contribution in [1.29, 1.82) is 0 Å². The minimum Gasteiger partial charge on any atom is -0.392 e. The number of likely N-dealkylation sites (N-methyl/N-ethyl adjacent to an activating group) is 1. The SMILES string of the molecule is Cc1cc(C(=O)N(C)CC(C)O)nn1-c1ccccc1Cl. The normalized spacial score (nSPS) is 12.2. The Morgan fingerprint density at radius 2 is 2.14 bits per heavy atom. The fourth-order valence-electron chi connectivity index (χ4n) is 2.12. The third-order valence-corrected chi connectivity index (χ3v) is 3.39. The van der Waals surface area contributed by atoms with Crippen LogP contribution in [0.25, 0.3) is 5.69 Å². The summed E-state index contributed by atoms with van der Waals surface area (Å²) in [5.74, 6) is -0.232. The van der Waals surface area contributed by atoms with E-state index in [2.05, 4.69) is 5.10 Å². The first-order valence-corrected chi connectivity index (χ1v) is 7.03.